The highest BCUT2D eigenvalue weighted by atomic mass is 31.2. The van der Waals surface area contributed by atoms with Crippen LogP contribution >= 0.6 is 7.82 Å². The van der Waals surface area contributed by atoms with Crippen LogP contribution in [-0.2, 0) is 37.9 Å². The first-order valence-corrected chi connectivity index (χ1v) is 26.9. The number of hydrogen-bond acceptors (Lipinski definition) is 8. The van der Waals surface area contributed by atoms with Crippen molar-refractivity contribution in [2.75, 3.05) is 40.5 Å². The molecular weight excluding hydrogens is 804 g/mol. The van der Waals surface area contributed by atoms with Crippen LogP contribution in [0.25, 0.3) is 0 Å². The Labute approximate surface area is 381 Å². The van der Waals surface area contributed by atoms with Crippen LogP contribution in [0.3, 0.4) is 0 Å². The van der Waals surface area contributed by atoms with Gasteiger partial charge in [-0.05, 0) is 66.2 Å². The maximum atomic E-state index is 13.0. The summed E-state index contributed by atoms with van der Waals surface area (Å²) in [5, 5.41) is 14.1. The van der Waals surface area contributed by atoms with E-state index in [-0.39, 0.29) is 38.1 Å². The van der Waals surface area contributed by atoms with Crippen molar-refractivity contribution in [1.82, 2.24) is 5.06 Å². The van der Waals surface area contributed by atoms with E-state index in [9.17, 15) is 24.3 Å². The summed E-state index contributed by atoms with van der Waals surface area (Å²) in [6.07, 6.45) is 36.3. The van der Waals surface area contributed by atoms with E-state index in [1.54, 1.807) is 0 Å². The van der Waals surface area contributed by atoms with Crippen molar-refractivity contribution in [1.29, 1.82) is 0 Å². The summed E-state index contributed by atoms with van der Waals surface area (Å²) < 4.78 is 35.4. The topological polar surface area (TPSA) is 132 Å². The molecule has 1 aliphatic heterocycles. The standard InChI is InChI=1S/C50H96N2O9P/c1-9-11-13-15-17-19-21-23-24-26-28-30-32-34-36-38-48(54)61-46(43-58-47(53)37-35-33-31-29-27-25-22-20-18-16-14-12-10-2)44-60-62(56,57)59-40-39-52(7,8)45-41-49(3,4)51(55)50(5,6)42-45/h23-24,45-46H,9-22,25-44H2,1-8H3/p+1/b24-23+. The van der Waals surface area contributed by atoms with Crippen LogP contribution in [0.4, 0.5) is 0 Å². The largest absolute Gasteiger partial charge is 0.472 e. The summed E-state index contributed by atoms with van der Waals surface area (Å²) >= 11 is 0. The van der Waals surface area contributed by atoms with Gasteiger partial charge in [0, 0.05) is 36.8 Å². The number of piperidine rings is 1. The highest BCUT2D eigenvalue weighted by Gasteiger charge is 2.50. The smallest absolute Gasteiger partial charge is 0.462 e. The third kappa shape index (κ3) is 29.3. The van der Waals surface area contributed by atoms with E-state index in [0.29, 0.717) is 30.3 Å². The van der Waals surface area contributed by atoms with Crippen LogP contribution in [0, 0.1) is 0 Å². The van der Waals surface area contributed by atoms with Gasteiger partial charge in [0.15, 0.2) is 6.10 Å². The van der Waals surface area contributed by atoms with E-state index in [2.05, 4.69) is 26.0 Å². The fraction of sp³-hybridized carbons (Fsp3) is 0.920. The number of hydroxylamine groups is 2. The predicted molar refractivity (Wildman–Crippen MR) is 253 cm³/mol. The molecule has 1 aliphatic rings. The van der Waals surface area contributed by atoms with E-state index in [4.69, 9.17) is 18.5 Å². The summed E-state index contributed by atoms with van der Waals surface area (Å²) in [6, 6.07) is 0.146. The first kappa shape index (κ1) is 58.7. The van der Waals surface area contributed by atoms with Crippen LogP contribution in [0.5, 0.6) is 0 Å². The van der Waals surface area contributed by atoms with Gasteiger partial charge >= 0.3 is 19.8 Å². The Morgan fingerprint density at radius 2 is 1.05 bits per heavy atom. The van der Waals surface area contributed by atoms with E-state index in [1.807, 2.05) is 41.8 Å². The predicted octanol–water partition coefficient (Wildman–Crippen LogP) is 13.5. The Hall–Kier alpha value is -1.33. The number of unbranched alkanes of at least 4 members (excludes halogenated alkanes) is 23. The molecule has 2 atom stereocenters. The minimum Gasteiger partial charge on any atom is -0.462 e. The molecule has 0 bridgehead atoms. The molecule has 0 aromatic heterocycles. The lowest BCUT2D eigenvalue weighted by molar-refractivity contribution is -0.918. The van der Waals surface area contributed by atoms with Crippen LogP contribution in [0.15, 0.2) is 12.2 Å². The Balaban J connectivity index is 2.53. The summed E-state index contributed by atoms with van der Waals surface area (Å²) in [5.74, 6) is -0.838. The van der Waals surface area contributed by atoms with Gasteiger partial charge in [-0.25, -0.2) is 4.57 Å². The Kier molecular flexibility index (Phi) is 32.2. The molecule has 0 aromatic carbocycles. The average Bonchev–Trinajstić information content (AvgIpc) is 3.20. The van der Waals surface area contributed by atoms with Crippen molar-refractivity contribution in [3.63, 3.8) is 0 Å². The highest BCUT2D eigenvalue weighted by Crippen LogP contribution is 2.44. The molecule has 1 radical (unpaired) electrons. The van der Waals surface area contributed by atoms with E-state index in [0.717, 1.165) is 51.4 Å². The zero-order valence-electron chi connectivity index (χ0n) is 41.4. The average molecular weight is 901 g/mol. The molecule has 0 saturated carbocycles. The number of hydrogen-bond donors (Lipinski definition) is 1. The van der Waals surface area contributed by atoms with Gasteiger partial charge in [-0.1, -0.05) is 154 Å². The number of phosphoric ester groups is 1. The second kappa shape index (κ2) is 34.0. The van der Waals surface area contributed by atoms with Gasteiger partial charge in [-0.2, -0.15) is 0 Å². The lowest BCUT2D eigenvalue weighted by Crippen LogP contribution is -2.65. The number of carbonyl (C=O) groups is 2. The fourth-order valence-corrected chi connectivity index (χ4v) is 9.48. The number of nitrogens with zero attached hydrogens (tertiary/aromatic N) is 2. The monoisotopic (exact) mass is 901 g/mol. The number of likely N-dealkylation sites (N-methyl/N-ethyl adjacent to an activating group) is 1. The number of rotatable bonds is 40. The molecule has 1 saturated heterocycles. The lowest BCUT2D eigenvalue weighted by Gasteiger charge is -2.53. The molecule has 62 heavy (non-hydrogen) atoms. The molecule has 0 amide bonds. The fourth-order valence-electron chi connectivity index (χ4n) is 8.74. The van der Waals surface area contributed by atoms with Gasteiger partial charge in [-0.3, -0.25) is 18.6 Å². The Bertz CT molecular complexity index is 1210. The van der Waals surface area contributed by atoms with Gasteiger partial charge in [-0.15, -0.1) is 10.3 Å². The minimum absolute atomic E-state index is 0.0483. The van der Waals surface area contributed by atoms with Crippen molar-refractivity contribution in [3.8, 4) is 0 Å². The maximum Gasteiger partial charge on any atom is 0.472 e. The zero-order chi connectivity index (χ0) is 46.2. The lowest BCUT2D eigenvalue weighted by atomic mass is 9.77. The Morgan fingerprint density at radius 3 is 1.50 bits per heavy atom. The Morgan fingerprint density at radius 1 is 0.645 bits per heavy atom. The molecule has 0 spiro atoms. The van der Waals surface area contributed by atoms with Gasteiger partial charge in [0.05, 0.1) is 26.7 Å². The quantitative estimate of drug-likeness (QED) is 0.0210. The normalized spacial score (nSPS) is 17.3. The number of carbonyl (C=O) groups excluding carboxylic acids is 2. The zero-order valence-corrected chi connectivity index (χ0v) is 42.3. The SMILES string of the molecule is CCCCCCCC/C=C/CCCCCCCC(=O)OC(COC(=O)CCCCCCCCCCCCCCC)COP(=O)(O)OCC[N+](C)(C)C1CC(C)(C)N([O])C(C)(C)C1. The summed E-state index contributed by atoms with van der Waals surface area (Å²) in [5.41, 5.74) is -1.07. The van der Waals surface area contributed by atoms with Gasteiger partial charge in [0.1, 0.15) is 19.8 Å². The molecule has 1 fully saturated rings. The summed E-state index contributed by atoms with van der Waals surface area (Å²) in [6.45, 7) is 12.0. The highest BCUT2D eigenvalue weighted by molar-refractivity contribution is 7.47. The summed E-state index contributed by atoms with van der Waals surface area (Å²) in [7, 11) is -0.440. The summed E-state index contributed by atoms with van der Waals surface area (Å²) in [4.78, 5) is 36.2. The van der Waals surface area contributed by atoms with Crippen LogP contribution in [-0.4, -0.2) is 90.1 Å². The number of phosphoric acid groups is 1. The molecule has 2 unspecified atom stereocenters. The molecule has 12 heteroatoms. The van der Waals surface area contributed by atoms with Gasteiger partial charge in [0.25, 0.3) is 0 Å². The second-order valence-electron chi connectivity index (χ2n) is 20.2. The molecule has 0 aliphatic carbocycles. The number of allylic oxidation sites excluding steroid dienone is 2. The maximum absolute atomic E-state index is 13.0. The van der Waals surface area contributed by atoms with Crippen molar-refractivity contribution in [2.24, 2.45) is 0 Å². The third-order valence-corrected chi connectivity index (χ3v) is 13.7. The molecule has 0 aromatic rings. The van der Waals surface area contributed by atoms with Gasteiger partial charge in [0.2, 0.25) is 0 Å². The van der Waals surface area contributed by atoms with Crippen molar-refractivity contribution < 1.29 is 47.3 Å². The minimum atomic E-state index is -4.53. The van der Waals surface area contributed by atoms with Gasteiger partial charge < -0.3 is 18.9 Å². The molecular formula is C50H97N2O9P+. The molecule has 1 N–H and O–H groups in total. The molecule has 1 heterocycles. The van der Waals surface area contributed by atoms with Crippen molar-refractivity contribution in [3.05, 3.63) is 12.2 Å². The van der Waals surface area contributed by atoms with E-state index >= 15 is 0 Å². The van der Waals surface area contributed by atoms with E-state index < -0.39 is 37.6 Å². The first-order chi connectivity index (χ1) is 29.5. The van der Waals surface area contributed by atoms with Crippen LogP contribution < -0.4 is 0 Å². The molecule has 365 valence electrons. The molecule has 1 rings (SSSR count). The number of ether oxygens (including phenoxy) is 2. The van der Waals surface area contributed by atoms with Crippen LogP contribution in [0.1, 0.15) is 234 Å². The number of quaternary nitrogens is 1. The van der Waals surface area contributed by atoms with Crippen molar-refractivity contribution in [2.45, 2.75) is 257 Å². The molecule has 11 nitrogen and oxygen atoms in total. The second-order valence-corrected chi connectivity index (χ2v) is 21.7. The third-order valence-electron chi connectivity index (χ3n) is 12.8. The van der Waals surface area contributed by atoms with Crippen LogP contribution in [0.2, 0.25) is 0 Å². The van der Waals surface area contributed by atoms with Crippen molar-refractivity contribution >= 4 is 19.8 Å². The van der Waals surface area contributed by atoms with E-state index in [1.165, 1.54) is 114 Å². The first-order valence-electron chi connectivity index (χ1n) is 25.4. The number of esters is 2.